The third-order valence-corrected chi connectivity index (χ3v) is 4.60. The standard InChI is InChI=1S/C17H19ClFNO4/c1-10-14(17(21)22-2)16(15-11(18)6-5-7-12(15)19)20(24-10)13-8-3-4-9-23-13/h5-7,13,16H,3-4,8-9H2,1-2H3. The highest BCUT2D eigenvalue weighted by atomic mass is 35.5. The van der Waals surface area contributed by atoms with Crippen molar-refractivity contribution in [3.05, 3.63) is 45.9 Å². The van der Waals surface area contributed by atoms with Gasteiger partial charge in [-0.15, -0.1) is 5.06 Å². The fourth-order valence-electron chi connectivity index (χ4n) is 3.14. The number of halogens is 2. The zero-order valence-electron chi connectivity index (χ0n) is 13.6. The molecule has 130 valence electrons. The zero-order chi connectivity index (χ0) is 17.3. The number of hydroxylamine groups is 2. The molecule has 2 unspecified atom stereocenters. The Hall–Kier alpha value is -1.63. The Morgan fingerprint density at radius 1 is 1.42 bits per heavy atom. The molecule has 2 heterocycles. The second-order valence-corrected chi connectivity index (χ2v) is 6.18. The molecule has 0 saturated carbocycles. The summed E-state index contributed by atoms with van der Waals surface area (Å²) in [7, 11) is 1.28. The first-order valence-corrected chi connectivity index (χ1v) is 8.23. The van der Waals surface area contributed by atoms with Gasteiger partial charge in [0.15, 0.2) is 0 Å². The predicted octanol–water partition coefficient (Wildman–Crippen LogP) is 3.74. The van der Waals surface area contributed by atoms with E-state index in [0.717, 1.165) is 19.3 Å². The van der Waals surface area contributed by atoms with Crippen molar-refractivity contribution >= 4 is 17.6 Å². The van der Waals surface area contributed by atoms with Gasteiger partial charge < -0.3 is 14.3 Å². The fraction of sp³-hybridized carbons (Fsp3) is 0.471. The number of esters is 1. The molecule has 1 saturated heterocycles. The maximum atomic E-state index is 14.5. The van der Waals surface area contributed by atoms with Crippen LogP contribution in [-0.4, -0.2) is 31.0 Å². The Balaban J connectivity index is 2.07. The number of carbonyl (C=O) groups excluding carboxylic acids is 1. The van der Waals surface area contributed by atoms with Crippen LogP contribution in [0.1, 0.15) is 37.8 Å². The lowest BCUT2D eigenvalue weighted by Gasteiger charge is -2.34. The molecule has 1 fully saturated rings. The van der Waals surface area contributed by atoms with Crippen LogP contribution < -0.4 is 0 Å². The van der Waals surface area contributed by atoms with Crippen LogP contribution in [0.25, 0.3) is 0 Å². The summed E-state index contributed by atoms with van der Waals surface area (Å²) in [6, 6.07) is 3.60. The number of ether oxygens (including phenoxy) is 2. The molecule has 0 radical (unpaired) electrons. The van der Waals surface area contributed by atoms with Crippen molar-refractivity contribution in [2.45, 2.75) is 38.5 Å². The monoisotopic (exact) mass is 355 g/mol. The average molecular weight is 356 g/mol. The van der Waals surface area contributed by atoms with Crippen molar-refractivity contribution in [2.24, 2.45) is 0 Å². The number of hydrogen-bond acceptors (Lipinski definition) is 5. The van der Waals surface area contributed by atoms with Gasteiger partial charge >= 0.3 is 5.97 Å². The third-order valence-electron chi connectivity index (χ3n) is 4.27. The molecular formula is C17H19ClFNO4. The molecule has 5 nitrogen and oxygen atoms in total. The first kappa shape index (κ1) is 17.2. The van der Waals surface area contributed by atoms with E-state index in [4.69, 9.17) is 25.9 Å². The summed E-state index contributed by atoms with van der Waals surface area (Å²) >= 11 is 6.24. The number of methoxy groups -OCH3 is 1. The molecule has 2 aliphatic rings. The Morgan fingerprint density at radius 3 is 2.83 bits per heavy atom. The van der Waals surface area contributed by atoms with E-state index in [9.17, 15) is 9.18 Å². The smallest absolute Gasteiger partial charge is 0.339 e. The maximum Gasteiger partial charge on any atom is 0.339 e. The van der Waals surface area contributed by atoms with Gasteiger partial charge in [0.05, 0.1) is 7.11 Å². The molecule has 0 aromatic heterocycles. The first-order valence-electron chi connectivity index (χ1n) is 7.85. The largest absolute Gasteiger partial charge is 0.466 e. The molecule has 7 heteroatoms. The number of carbonyl (C=O) groups is 1. The Bertz CT molecular complexity index is 652. The van der Waals surface area contributed by atoms with E-state index in [2.05, 4.69) is 0 Å². The van der Waals surface area contributed by atoms with Crippen LogP contribution in [-0.2, 0) is 19.1 Å². The lowest BCUT2D eigenvalue weighted by molar-refractivity contribution is -0.242. The fourth-order valence-corrected chi connectivity index (χ4v) is 3.40. The SMILES string of the molecule is COC(=O)C1=C(C)ON(C2CCCCO2)C1c1c(F)cccc1Cl. The van der Waals surface area contributed by atoms with Crippen molar-refractivity contribution in [2.75, 3.05) is 13.7 Å². The molecule has 0 amide bonds. The van der Waals surface area contributed by atoms with Gasteiger partial charge in [-0.05, 0) is 38.3 Å². The normalized spacial score (nSPS) is 24.8. The zero-order valence-corrected chi connectivity index (χ0v) is 14.3. The minimum Gasteiger partial charge on any atom is -0.466 e. The molecule has 0 spiro atoms. The van der Waals surface area contributed by atoms with Gasteiger partial charge in [-0.25, -0.2) is 9.18 Å². The number of benzene rings is 1. The summed E-state index contributed by atoms with van der Waals surface area (Å²) in [6.07, 6.45) is 2.28. The summed E-state index contributed by atoms with van der Waals surface area (Å²) in [5.41, 5.74) is 0.421. The van der Waals surface area contributed by atoms with Crippen LogP contribution >= 0.6 is 11.6 Å². The van der Waals surface area contributed by atoms with Crippen molar-refractivity contribution < 1.29 is 23.5 Å². The van der Waals surface area contributed by atoms with Gasteiger partial charge in [-0.3, -0.25) is 0 Å². The molecule has 24 heavy (non-hydrogen) atoms. The number of nitrogens with zero attached hydrogens (tertiary/aromatic N) is 1. The molecule has 3 rings (SSSR count). The lowest BCUT2D eigenvalue weighted by atomic mass is 9.96. The molecule has 0 N–H and O–H groups in total. The van der Waals surface area contributed by atoms with Crippen LogP contribution in [0, 0.1) is 5.82 Å². The van der Waals surface area contributed by atoms with Gasteiger partial charge in [0, 0.05) is 17.2 Å². The second kappa shape index (κ2) is 7.09. The van der Waals surface area contributed by atoms with Crippen LogP contribution in [0.2, 0.25) is 5.02 Å². The van der Waals surface area contributed by atoms with E-state index in [1.54, 1.807) is 13.0 Å². The van der Waals surface area contributed by atoms with E-state index in [1.807, 2.05) is 0 Å². The van der Waals surface area contributed by atoms with Crippen LogP contribution in [0.4, 0.5) is 4.39 Å². The number of rotatable bonds is 3. The molecule has 1 aromatic carbocycles. The molecular weight excluding hydrogens is 337 g/mol. The van der Waals surface area contributed by atoms with E-state index in [-0.39, 0.29) is 22.4 Å². The Labute approximate surface area is 144 Å². The molecule has 0 aliphatic carbocycles. The quantitative estimate of drug-likeness (QED) is 0.773. The highest BCUT2D eigenvalue weighted by molar-refractivity contribution is 6.31. The van der Waals surface area contributed by atoms with Crippen molar-refractivity contribution in [1.82, 2.24) is 5.06 Å². The summed E-state index contributed by atoms with van der Waals surface area (Å²) in [6.45, 7) is 2.24. The van der Waals surface area contributed by atoms with Crippen molar-refractivity contribution in [3.63, 3.8) is 0 Å². The topological polar surface area (TPSA) is 48.0 Å². The maximum absolute atomic E-state index is 14.5. The average Bonchev–Trinajstić information content (AvgIpc) is 2.92. The number of allylic oxidation sites excluding steroid dienone is 1. The van der Waals surface area contributed by atoms with Gasteiger partial charge in [0.25, 0.3) is 0 Å². The lowest BCUT2D eigenvalue weighted by Crippen LogP contribution is -2.40. The van der Waals surface area contributed by atoms with E-state index >= 15 is 0 Å². The summed E-state index contributed by atoms with van der Waals surface area (Å²) in [5.74, 6) is -0.719. The van der Waals surface area contributed by atoms with Crippen molar-refractivity contribution in [1.29, 1.82) is 0 Å². The summed E-state index contributed by atoms with van der Waals surface area (Å²) in [4.78, 5) is 18.0. The molecule has 2 atom stereocenters. The van der Waals surface area contributed by atoms with Gasteiger partial charge in [0.1, 0.15) is 29.4 Å². The third kappa shape index (κ3) is 3.01. The Morgan fingerprint density at radius 2 is 2.21 bits per heavy atom. The molecule has 1 aromatic rings. The van der Waals surface area contributed by atoms with Gasteiger partial charge in [-0.2, -0.15) is 0 Å². The molecule has 0 bridgehead atoms. The second-order valence-electron chi connectivity index (χ2n) is 5.77. The summed E-state index contributed by atoms with van der Waals surface area (Å²) < 4.78 is 25.2. The minimum atomic E-state index is -0.811. The number of hydrogen-bond donors (Lipinski definition) is 0. The van der Waals surface area contributed by atoms with E-state index in [1.165, 1.54) is 24.3 Å². The highest BCUT2D eigenvalue weighted by Gasteiger charge is 2.45. The van der Waals surface area contributed by atoms with Crippen molar-refractivity contribution in [3.8, 4) is 0 Å². The van der Waals surface area contributed by atoms with E-state index in [0.29, 0.717) is 12.4 Å². The van der Waals surface area contributed by atoms with Gasteiger partial charge in [-0.1, -0.05) is 17.7 Å². The predicted molar refractivity (Wildman–Crippen MR) is 85.4 cm³/mol. The molecule has 2 aliphatic heterocycles. The minimum absolute atomic E-state index is 0.186. The first-order chi connectivity index (χ1) is 11.5. The van der Waals surface area contributed by atoms with Crippen LogP contribution in [0.5, 0.6) is 0 Å². The highest BCUT2D eigenvalue weighted by Crippen LogP contribution is 2.44. The van der Waals surface area contributed by atoms with Crippen LogP contribution in [0.3, 0.4) is 0 Å². The summed E-state index contributed by atoms with van der Waals surface area (Å²) in [5, 5.41) is 1.74. The van der Waals surface area contributed by atoms with Gasteiger partial charge in [0.2, 0.25) is 0 Å². The Kier molecular flexibility index (Phi) is 5.08. The van der Waals surface area contributed by atoms with Crippen LogP contribution in [0.15, 0.2) is 29.5 Å². The van der Waals surface area contributed by atoms with E-state index < -0.39 is 17.8 Å².